The van der Waals surface area contributed by atoms with Gasteiger partial charge in [-0.25, -0.2) is 9.37 Å². The number of benzene rings is 1. The molecule has 3 heterocycles. The van der Waals surface area contributed by atoms with Crippen LogP contribution in [0.5, 0.6) is 0 Å². The summed E-state index contributed by atoms with van der Waals surface area (Å²) in [5.74, 6) is 1.30. The molecule has 1 aliphatic heterocycles. The Balaban J connectivity index is 1.71. The van der Waals surface area contributed by atoms with Gasteiger partial charge < -0.3 is 9.80 Å². The molecule has 0 atom stereocenters. The summed E-state index contributed by atoms with van der Waals surface area (Å²) in [6.45, 7) is 1.93. The van der Waals surface area contributed by atoms with Gasteiger partial charge in [0.1, 0.15) is 18.0 Å². The topological polar surface area (TPSA) is 49.6 Å². The van der Waals surface area contributed by atoms with Crippen molar-refractivity contribution in [3.63, 3.8) is 0 Å². The lowest BCUT2D eigenvalue weighted by Gasteiger charge is -2.36. The van der Waals surface area contributed by atoms with Gasteiger partial charge in [0.05, 0.1) is 5.69 Å². The molecule has 0 saturated carbocycles. The lowest BCUT2D eigenvalue weighted by Crippen LogP contribution is -2.42. The molecule has 1 aliphatic rings. The summed E-state index contributed by atoms with van der Waals surface area (Å²) < 4.78 is 15.0. The molecular formula is C18H21FN6. The summed E-state index contributed by atoms with van der Waals surface area (Å²) in [4.78, 5) is 13.4. The molecule has 0 radical (unpaired) electrons. The molecule has 1 aromatic carbocycles. The number of halogens is 1. The van der Waals surface area contributed by atoms with E-state index in [-0.39, 0.29) is 5.82 Å². The molecule has 2 aromatic heterocycles. The highest BCUT2D eigenvalue weighted by atomic mass is 19.1. The molecule has 0 bridgehead atoms. The van der Waals surface area contributed by atoms with Gasteiger partial charge in [-0.2, -0.15) is 14.6 Å². The molecule has 0 amide bonds. The lowest BCUT2D eigenvalue weighted by atomic mass is 10.0. The molecule has 1 fully saturated rings. The molecule has 4 rings (SSSR count). The highest BCUT2D eigenvalue weighted by Gasteiger charge is 2.23. The molecule has 130 valence electrons. The van der Waals surface area contributed by atoms with E-state index < -0.39 is 0 Å². The summed E-state index contributed by atoms with van der Waals surface area (Å²) in [5, 5.41) is 4.33. The van der Waals surface area contributed by atoms with Crippen LogP contribution in [-0.2, 0) is 0 Å². The normalized spacial score (nSPS) is 16.1. The zero-order chi connectivity index (χ0) is 17.4. The quantitative estimate of drug-likeness (QED) is 0.733. The third-order valence-electron chi connectivity index (χ3n) is 4.89. The van der Waals surface area contributed by atoms with Crippen molar-refractivity contribution < 1.29 is 4.39 Å². The smallest absolute Gasteiger partial charge is 0.254 e. The van der Waals surface area contributed by atoms with Gasteiger partial charge in [0.25, 0.3) is 5.78 Å². The van der Waals surface area contributed by atoms with Crippen LogP contribution >= 0.6 is 0 Å². The maximum atomic E-state index is 13.2. The van der Waals surface area contributed by atoms with Crippen LogP contribution in [0.2, 0.25) is 0 Å². The molecule has 3 aromatic rings. The molecule has 25 heavy (non-hydrogen) atoms. The van der Waals surface area contributed by atoms with Crippen LogP contribution < -0.4 is 4.90 Å². The number of hydrogen-bond acceptors (Lipinski definition) is 5. The molecular weight excluding hydrogens is 319 g/mol. The van der Waals surface area contributed by atoms with Gasteiger partial charge in [0, 0.05) is 30.8 Å². The van der Waals surface area contributed by atoms with E-state index in [2.05, 4.69) is 39.0 Å². The van der Waals surface area contributed by atoms with E-state index >= 15 is 0 Å². The monoisotopic (exact) mass is 340 g/mol. The van der Waals surface area contributed by atoms with E-state index in [0.29, 0.717) is 11.8 Å². The van der Waals surface area contributed by atoms with E-state index in [4.69, 9.17) is 0 Å². The number of hydrogen-bond donors (Lipinski definition) is 0. The molecule has 0 aliphatic carbocycles. The first-order chi connectivity index (χ1) is 12.1. The second kappa shape index (κ2) is 6.40. The molecule has 0 N–H and O–H groups in total. The average Bonchev–Trinajstić information content (AvgIpc) is 3.10. The van der Waals surface area contributed by atoms with Crippen LogP contribution in [0, 0.1) is 5.82 Å². The Morgan fingerprint density at radius 1 is 1.12 bits per heavy atom. The molecule has 0 spiro atoms. The van der Waals surface area contributed by atoms with E-state index in [1.807, 2.05) is 6.07 Å². The fourth-order valence-electron chi connectivity index (χ4n) is 3.40. The Morgan fingerprint density at radius 3 is 2.52 bits per heavy atom. The maximum absolute atomic E-state index is 13.2. The van der Waals surface area contributed by atoms with Crippen molar-refractivity contribution in [1.29, 1.82) is 0 Å². The van der Waals surface area contributed by atoms with Crippen LogP contribution in [0.25, 0.3) is 17.0 Å². The van der Waals surface area contributed by atoms with Crippen molar-refractivity contribution in [1.82, 2.24) is 24.5 Å². The molecule has 6 nitrogen and oxygen atoms in total. The van der Waals surface area contributed by atoms with E-state index in [0.717, 1.165) is 43.0 Å². The summed E-state index contributed by atoms with van der Waals surface area (Å²) in [5.41, 5.74) is 1.65. The lowest BCUT2D eigenvalue weighted by molar-refractivity contribution is 0.249. The summed E-state index contributed by atoms with van der Waals surface area (Å²) in [6, 6.07) is 9.02. The van der Waals surface area contributed by atoms with Crippen molar-refractivity contribution in [3.8, 4) is 11.3 Å². The van der Waals surface area contributed by atoms with Gasteiger partial charge in [-0.05, 0) is 51.2 Å². The van der Waals surface area contributed by atoms with E-state index in [1.165, 1.54) is 18.5 Å². The van der Waals surface area contributed by atoms with Gasteiger partial charge in [-0.1, -0.05) is 0 Å². The minimum Gasteiger partial charge on any atom is -0.356 e. The van der Waals surface area contributed by atoms with Crippen LogP contribution in [0.3, 0.4) is 0 Å². The second-order valence-electron chi connectivity index (χ2n) is 6.66. The SMILES string of the molecule is CN(C)C1CCN(c2cc(-c3ccc(F)cc3)nc3ncnn23)CC1. The number of fused-ring (bicyclic) bond motifs is 1. The fourth-order valence-corrected chi connectivity index (χ4v) is 3.40. The summed E-state index contributed by atoms with van der Waals surface area (Å²) in [7, 11) is 4.27. The standard InChI is InChI=1S/C18H21FN6/c1-23(2)15-7-9-24(10-8-15)17-11-16(13-3-5-14(19)6-4-13)22-18-20-12-21-25(17)18/h3-6,11-12,15H,7-10H2,1-2H3. The van der Waals surface area contributed by atoms with Gasteiger partial charge >= 0.3 is 0 Å². The van der Waals surface area contributed by atoms with Crippen LogP contribution in [0.1, 0.15) is 12.8 Å². The van der Waals surface area contributed by atoms with E-state index in [9.17, 15) is 4.39 Å². The van der Waals surface area contributed by atoms with Crippen molar-refractivity contribution in [2.75, 3.05) is 32.1 Å². The Morgan fingerprint density at radius 2 is 1.84 bits per heavy atom. The van der Waals surface area contributed by atoms with Crippen LogP contribution in [0.4, 0.5) is 10.2 Å². The predicted octanol–water partition coefficient (Wildman–Crippen LogP) is 2.46. The first kappa shape index (κ1) is 16.0. The second-order valence-corrected chi connectivity index (χ2v) is 6.66. The minimum atomic E-state index is -0.252. The zero-order valence-electron chi connectivity index (χ0n) is 14.4. The van der Waals surface area contributed by atoms with Crippen LogP contribution in [0.15, 0.2) is 36.7 Å². The Labute approximate surface area is 145 Å². The first-order valence-corrected chi connectivity index (χ1v) is 8.50. The largest absolute Gasteiger partial charge is 0.356 e. The van der Waals surface area contributed by atoms with Crippen molar-refractivity contribution in [2.24, 2.45) is 0 Å². The highest BCUT2D eigenvalue weighted by molar-refractivity contribution is 5.65. The molecule has 1 saturated heterocycles. The minimum absolute atomic E-state index is 0.252. The maximum Gasteiger partial charge on any atom is 0.254 e. The van der Waals surface area contributed by atoms with Gasteiger partial charge in [-0.3, -0.25) is 0 Å². The van der Waals surface area contributed by atoms with Crippen molar-refractivity contribution >= 4 is 11.6 Å². The third kappa shape index (κ3) is 3.07. The first-order valence-electron chi connectivity index (χ1n) is 8.50. The number of anilines is 1. The third-order valence-corrected chi connectivity index (χ3v) is 4.89. The van der Waals surface area contributed by atoms with Crippen molar-refractivity contribution in [2.45, 2.75) is 18.9 Å². The predicted molar refractivity (Wildman–Crippen MR) is 95.1 cm³/mol. The Kier molecular flexibility index (Phi) is 4.09. The average molecular weight is 340 g/mol. The molecule has 7 heteroatoms. The summed E-state index contributed by atoms with van der Waals surface area (Å²) in [6.07, 6.45) is 3.74. The van der Waals surface area contributed by atoms with Crippen LogP contribution in [-0.4, -0.2) is 57.7 Å². The number of rotatable bonds is 3. The Hall–Kier alpha value is -2.54. The fraction of sp³-hybridized carbons (Fsp3) is 0.389. The molecule has 0 unspecified atom stereocenters. The summed E-state index contributed by atoms with van der Waals surface area (Å²) >= 11 is 0. The number of nitrogens with zero attached hydrogens (tertiary/aromatic N) is 6. The van der Waals surface area contributed by atoms with Gasteiger partial charge in [0.15, 0.2) is 0 Å². The highest BCUT2D eigenvalue weighted by Crippen LogP contribution is 2.26. The zero-order valence-corrected chi connectivity index (χ0v) is 14.4. The van der Waals surface area contributed by atoms with E-state index in [1.54, 1.807) is 16.6 Å². The van der Waals surface area contributed by atoms with Gasteiger partial charge in [0.2, 0.25) is 0 Å². The van der Waals surface area contributed by atoms with Crippen molar-refractivity contribution in [3.05, 3.63) is 42.5 Å². The van der Waals surface area contributed by atoms with Gasteiger partial charge in [-0.15, -0.1) is 0 Å². The number of aromatic nitrogens is 4. The number of piperidine rings is 1. The Bertz CT molecular complexity index is 865.